The Bertz CT molecular complexity index is 1230. The Hall–Kier alpha value is -3.45. The highest BCUT2D eigenvalue weighted by Gasteiger charge is 2.40. The van der Waals surface area contributed by atoms with Crippen LogP contribution in [0.2, 0.25) is 0 Å². The van der Waals surface area contributed by atoms with Crippen LogP contribution < -0.4 is 5.32 Å². The first-order valence-electron chi connectivity index (χ1n) is 9.96. The van der Waals surface area contributed by atoms with Crippen LogP contribution in [0.1, 0.15) is 54.5 Å². The number of nitriles is 1. The van der Waals surface area contributed by atoms with E-state index in [9.17, 15) is 28.3 Å². The molecule has 10 heteroatoms. The number of nitrogens with zero attached hydrogens (tertiary/aromatic N) is 4. The lowest BCUT2D eigenvalue weighted by molar-refractivity contribution is -0.141. The predicted molar refractivity (Wildman–Crippen MR) is 110 cm³/mol. The van der Waals surface area contributed by atoms with E-state index < -0.39 is 29.1 Å². The molecular formula is C22H20F3N5O2. The van der Waals surface area contributed by atoms with Crippen molar-refractivity contribution in [3.8, 4) is 6.07 Å². The molecule has 32 heavy (non-hydrogen) atoms. The predicted octanol–water partition coefficient (Wildman–Crippen LogP) is 4.30. The van der Waals surface area contributed by atoms with Crippen LogP contribution in [0.3, 0.4) is 0 Å². The summed E-state index contributed by atoms with van der Waals surface area (Å²) in [5.41, 5.74) is -1.49. The number of alkyl halides is 3. The summed E-state index contributed by atoms with van der Waals surface area (Å²) in [6.45, 7) is 3.56. The van der Waals surface area contributed by atoms with Crippen LogP contribution in [0.5, 0.6) is 0 Å². The number of anilines is 1. The molecule has 4 rings (SSSR count). The van der Waals surface area contributed by atoms with Gasteiger partial charge in [-0.3, -0.25) is 9.48 Å². The molecule has 1 fully saturated rings. The van der Waals surface area contributed by atoms with Crippen LogP contribution >= 0.6 is 0 Å². The number of hydrogen-bond donors (Lipinski definition) is 2. The molecule has 3 aromatic rings. The first-order valence-corrected chi connectivity index (χ1v) is 9.96. The zero-order chi connectivity index (χ0) is 23.3. The van der Waals surface area contributed by atoms with E-state index in [4.69, 9.17) is 0 Å². The summed E-state index contributed by atoms with van der Waals surface area (Å²) in [7, 11) is 0. The second-order valence-electron chi connectivity index (χ2n) is 8.51. The number of pyridine rings is 1. The quantitative estimate of drug-likeness (QED) is 0.626. The van der Waals surface area contributed by atoms with Crippen molar-refractivity contribution in [3.05, 3.63) is 53.5 Å². The fraction of sp³-hybridized carbons (Fsp3) is 0.364. The number of fused-ring (bicyclic) bond motifs is 1. The van der Waals surface area contributed by atoms with Crippen LogP contribution in [0.4, 0.5) is 18.9 Å². The lowest BCUT2D eigenvalue weighted by Gasteiger charge is -2.42. The van der Waals surface area contributed by atoms with Gasteiger partial charge in [0.25, 0.3) is 5.91 Å². The van der Waals surface area contributed by atoms with Gasteiger partial charge in [0.05, 0.1) is 28.4 Å². The van der Waals surface area contributed by atoms with Crippen LogP contribution in [0, 0.1) is 17.2 Å². The number of nitrogens with one attached hydrogen (secondary N) is 1. The minimum Gasteiger partial charge on any atom is -0.390 e. The SMILES string of the molecule is CC(C)(O)C1CC(n2cc3cc(NC(=O)c4cccc(C(F)(F)F)n4)c(C#N)cc3n2)C1. The maximum atomic E-state index is 12.9. The minimum absolute atomic E-state index is 0.122. The second kappa shape index (κ2) is 7.60. The molecule has 0 spiro atoms. The molecule has 0 saturated heterocycles. The number of aromatic nitrogens is 3. The van der Waals surface area contributed by atoms with Gasteiger partial charge >= 0.3 is 6.18 Å². The van der Waals surface area contributed by atoms with Crippen molar-refractivity contribution in [2.24, 2.45) is 5.92 Å². The summed E-state index contributed by atoms with van der Waals surface area (Å²) in [5, 5.41) is 27.3. The normalized spacial score (nSPS) is 18.8. The van der Waals surface area contributed by atoms with Crippen molar-refractivity contribution in [2.75, 3.05) is 5.32 Å². The van der Waals surface area contributed by atoms with E-state index in [-0.39, 0.29) is 23.2 Å². The van der Waals surface area contributed by atoms with Crippen LogP contribution in [-0.4, -0.2) is 31.4 Å². The van der Waals surface area contributed by atoms with E-state index >= 15 is 0 Å². The number of rotatable bonds is 4. The summed E-state index contributed by atoms with van der Waals surface area (Å²) in [5.74, 6) is -0.685. The third-order valence-electron chi connectivity index (χ3n) is 5.79. The fourth-order valence-corrected chi connectivity index (χ4v) is 3.76. The molecule has 2 aromatic heterocycles. The van der Waals surface area contributed by atoms with Gasteiger partial charge in [-0.05, 0) is 56.9 Å². The lowest BCUT2D eigenvalue weighted by Crippen LogP contribution is -2.41. The fourth-order valence-electron chi connectivity index (χ4n) is 3.76. The van der Waals surface area contributed by atoms with Crippen molar-refractivity contribution < 1.29 is 23.1 Å². The standard InChI is InChI=1S/C22H20F3N5O2/c1-21(2,32)14-8-15(9-14)30-11-13-7-17(12(10-26)6-18(13)29-30)28-20(31)16-4-3-5-19(27-16)22(23,24)25/h3-7,11,14-15,32H,8-9H2,1-2H3,(H,28,31). The Morgan fingerprint density at radius 3 is 2.62 bits per heavy atom. The highest BCUT2D eigenvalue weighted by atomic mass is 19.4. The van der Waals surface area contributed by atoms with E-state index in [1.165, 1.54) is 12.1 Å². The number of benzene rings is 1. The van der Waals surface area contributed by atoms with Crippen molar-refractivity contribution in [3.63, 3.8) is 0 Å². The van der Waals surface area contributed by atoms with E-state index in [1.54, 1.807) is 30.8 Å². The van der Waals surface area contributed by atoms with Crippen molar-refractivity contribution in [1.29, 1.82) is 5.26 Å². The first kappa shape index (κ1) is 21.8. The molecule has 0 radical (unpaired) electrons. The number of aliphatic hydroxyl groups is 1. The molecule has 1 amide bonds. The molecule has 1 saturated carbocycles. The van der Waals surface area contributed by atoms with E-state index in [1.807, 2.05) is 6.07 Å². The Morgan fingerprint density at radius 2 is 2.00 bits per heavy atom. The summed E-state index contributed by atoms with van der Waals surface area (Å²) in [6.07, 6.45) is -1.34. The van der Waals surface area contributed by atoms with Gasteiger partial charge in [0.2, 0.25) is 0 Å². The summed E-state index contributed by atoms with van der Waals surface area (Å²) in [6, 6.07) is 8.23. The number of carbonyl (C=O) groups excluding carboxylic acids is 1. The molecule has 2 heterocycles. The van der Waals surface area contributed by atoms with Crippen LogP contribution in [0.15, 0.2) is 36.5 Å². The Kier molecular flexibility index (Phi) is 5.17. The molecule has 2 N–H and O–H groups in total. The van der Waals surface area contributed by atoms with Crippen molar-refractivity contribution in [2.45, 2.75) is 44.5 Å². The summed E-state index contributed by atoms with van der Waals surface area (Å²) >= 11 is 0. The molecule has 1 aliphatic carbocycles. The third kappa shape index (κ3) is 4.16. The molecular weight excluding hydrogens is 423 g/mol. The maximum absolute atomic E-state index is 12.9. The molecule has 7 nitrogen and oxygen atoms in total. The van der Waals surface area contributed by atoms with Crippen molar-refractivity contribution >= 4 is 22.5 Å². The highest BCUT2D eigenvalue weighted by Crippen LogP contribution is 2.44. The zero-order valence-corrected chi connectivity index (χ0v) is 17.3. The summed E-state index contributed by atoms with van der Waals surface area (Å²) < 4.78 is 40.4. The minimum atomic E-state index is -4.67. The smallest absolute Gasteiger partial charge is 0.390 e. The highest BCUT2D eigenvalue weighted by molar-refractivity contribution is 6.04. The third-order valence-corrected chi connectivity index (χ3v) is 5.79. The largest absolute Gasteiger partial charge is 0.433 e. The molecule has 0 bridgehead atoms. The van der Waals surface area contributed by atoms with Crippen LogP contribution in [-0.2, 0) is 6.18 Å². The van der Waals surface area contributed by atoms with Gasteiger partial charge in [0.15, 0.2) is 0 Å². The second-order valence-corrected chi connectivity index (χ2v) is 8.51. The monoisotopic (exact) mass is 443 g/mol. The molecule has 0 atom stereocenters. The van der Waals surface area contributed by atoms with Gasteiger partial charge in [0, 0.05) is 11.6 Å². The number of carbonyl (C=O) groups is 1. The lowest BCUT2D eigenvalue weighted by atomic mass is 9.71. The first-order chi connectivity index (χ1) is 15.0. The average Bonchev–Trinajstić information content (AvgIpc) is 3.06. The van der Waals surface area contributed by atoms with Gasteiger partial charge in [-0.25, -0.2) is 4.98 Å². The van der Waals surface area contributed by atoms with Gasteiger partial charge in [-0.15, -0.1) is 0 Å². The average molecular weight is 443 g/mol. The molecule has 1 aromatic carbocycles. The van der Waals surface area contributed by atoms with Crippen molar-refractivity contribution in [1.82, 2.24) is 14.8 Å². The van der Waals surface area contributed by atoms with Gasteiger partial charge in [0.1, 0.15) is 17.5 Å². The van der Waals surface area contributed by atoms with Crippen LogP contribution in [0.25, 0.3) is 10.9 Å². The number of hydrogen-bond acceptors (Lipinski definition) is 5. The number of amides is 1. The topological polar surface area (TPSA) is 104 Å². The van der Waals surface area contributed by atoms with Gasteiger partial charge in [-0.1, -0.05) is 6.07 Å². The van der Waals surface area contributed by atoms with E-state index in [0.29, 0.717) is 10.9 Å². The molecule has 0 unspecified atom stereocenters. The summed E-state index contributed by atoms with van der Waals surface area (Å²) in [4.78, 5) is 15.9. The Balaban J connectivity index is 1.58. The van der Waals surface area contributed by atoms with Gasteiger partial charge in [-0.2, -0.15) is 23.5 Å². The van der Waals surface area contributed by atoms with Gasteiger partial charge < -0.3 is 10.4 Å². The molecule has 166 valence electrons. The number of halogens is 3. The maximum Gasteiger partial charge on any atom is 0.433 e. The Labute approximate surface area is 181 Å². The van der Waals surface area contributed by atoms with E-state index in [0.717, 1.165) is 25.0 Å². The molecule has 0 aliphatic heterocycles. The molecule has 1 aliphatic rings. The Morgan fingerprint density at radius 1 is 1.28 bits per heavy atom. The zero-order valence-electron chi connectivity index (χ0n) is 17.3. The van der Waals surface area contributed by atoms with E-state index in [2.05, 4.69) is 15.4 Å².